The highest BCUT2D eigenvalue weighted by Crippen LogP contribution is 2.18. The Balaban J connectivity index is 2.49. The molecule has 53 valence electrons. The zero-order chi connectivity index (χ0) is 7.40. The van der Waals surface area contributed by atoms with Crippen molar-refractivity contribution in [3.63, 3.8) is 0 Å². The monoisotopic (exact) mass is 157 g/mol. The van der Waals surface area contributed by atoms with Crippen LogP contribution in [0.4, 0.5) is 5.82 Å². The predicted octanol–water partition coefficient (Wildman–Crippen LogP) is 0.370. The molecule has 4 nitrogen and oxygen atoms in total. The third-order valence-electron chi connectivity index (χ3n) is 0.834. The van der Waals surface area contributed by atoms with Crippen LogP contribution in [0.15, 0.2) is 5.38 Å². The molecule has 2 N–H and O–H groups in total. The first-order chi connectivity index (χ1) is 4.83. The van der Waals surface area contributed by atoms with E-state index >= 15 is 0 Å². The maximum absolute atomic E-state index is 9.71. The molecule has 0 saturated carbocycles. The van der Waals surface area contributed by atoms with Gasteiger partial charge in [-0.05, 0) is 0 Å². The fraction of sp³-hybridized carbons (Fsp3) is 0.200. The van der Waals surface area contributed by atoms with E-state index in [1.54, 1.807) is 11.7 Å². The molecule has 0 aliphatic rings. The second-order valence-electron chi connectivity index (χ2n) is 1.51. The molecule has 0 amide bonds. The molecule has 0 saturated heterocycles. The minimum Gasteiger partial charge on any atom is -0.486 e. The molecular weight excluding hydrogens is 152 g/mol. The van der Waals surface area contributed by atoms with Gasteiger partial charge in [0.25, 0.3) is 5.19 Å². The maximum Gasteiger partial charge on any atom is 0.272 e. The van der Waals surface area contributed by atoms with E-state index in [1.165, 1.54) is 0 Å². The van der Waals surface area contributed by atoms with Gasteiger partial charge in [0, 0.05) is 5.38 Å². The molecule has 1 radical (unpaired) electrons. The van der Waals surface area contributed by atoms with Gasteiger partial charge in [-0.1, -0.05) is 11.3 Å². The van der Waals surface area contributed by atoms with Crippen LogP contribution in [0, 0.1) is 0 Å². The van der Waals surface area contributed by atoms with Gasteiger partial charge in [0.05, 0.1) is 6.54 Å². The molecule has 1 heterocycles. The van der Waals surface area contributed by atoms with Crippen LogP contribution < -0.4 is 5.32 Å². The minimum absolute atomic E-state index is 0.00611. The summed E-state index contributed by atoms with van der Waals surface area (Å²) in [5.41, 5.74) is 0. The number of thiazole rings is 1. The summed E-state index contributed by atoms with van der Waals surface area (Å²) in [5, 5.41) is 13.0. The molecule has 0 atom stereocenters. The molecule has 0 unspecified atom stereocenters. The number of aromatic nitrogens is 1. The third kappa shape index (κ3) is 1.70. The van der Waals surface area contributed by atoms with Crippen LogP contribution in [0.5, 0.6) is 5.19 Å². The average molecular weight is 157 g/mol. The number of anilines is 1. The van der Waals surface area contributed by atoms with Crippen LogP contribution >= 0.6 is 11.3 Å². The predicted molar refractivity (Wildman–Crippen MR) is 38.0 cm³/mol. The molecule has 0 aliphatic heterocycles. The summed E-state index contributed by atoms with van der Waals surface area (Å²) in [4.78, 5) is 13.3. The van der Waals surface area contributed by atoms with Gasteiger partial charge in [0.15, 0.2) is 0 Å². The van der Waals surface area contributed by atoms with E-state index in [2.05, 4.69) is 10.3 Å². The van der Waals surface area contributed by atoms with Crippen molar-refractivity contribution in [1.29, 1.82) is 0 Å². The van der Waals surface area contributed by atoms with Gasteiger partial charge >= 0.3 is 0 Å². The summed E-state index contributed by atoms with van der Waals surface area (Å²) in [6, 6.07) is 0. The summed E-state index contributed by atoms with van der Waals surface area (Å²) in [6.07, 6.45) is 1.65. The van der Waals surface area contributed by atoms with Gasteiger partial charge in [0.2, 0.25) is 6.29 Å². The van der Waals surface area contributed by atoms with Gasteiger partial charge in [-0.3, -0.25) is 4.79 Å². The molecule has 5 heteroatoms. The van der Waals surface area contributed by atoms with Crippen molar-refractivity contribution in [3.8, 4) is 5.19 Å². The largest absolute Gasteiger partial charge is 0.486 e. The Morgan fingerprint density at radius 3 is 3.20 bits per heavy atom. The Morgan fingerprint density at radius 1 is 1.90 bits per heavy atom. The van der Waals surface area contributed by atoms with Gasteiger partial charge < -0.3 is 10.4 Å². The molecule has 1 aromatic rings. The summed E-state index contributed by atoms with van der Waals surface area (Å²) >= 11 is 1.11. The zero-order valence-corrected chi connectivity index (χ0v) is 5.81. The lowest BCUT2D eigenvalue weighted by atomic mass is 10.7. The summed E-state index contributed by atoms with van der Waals surface area (Å²) in [5.74, 6) is 0.505. The van der Waals surface area contributed by atoms with Gasteiger partial charge in [-0.25, -0.2) is 0 Å². The van der Waals surface area contributed by atoms with Crippen molar-refractivity contribution in [2.45, 2.75) is 0 Å². The molecule has 0 aliphatic carbocycles. The molecule has 1 rings (SSSR count). The highest BCUT2D eigenvalue weighted by atomic mass is 32.1. The Morgan fingerprint density at radius 2 is 2.70 bits per heavy atom. The van der Waals surface area contributed by atoms with E-state index < -0.39 is 0 Å². The summed E-state index contributed by atoms with van der Waals surface area (Å²) in [7, 11) is 0. The minimum atomic E-state index is -0.00611. The standard InChI is InChI=1S/C5H5N2O2S/c8-2-1-6-4-3-10-5(9)7-4/h3,6H,1H2,(H,7,9). The fourth-order valence-electron chi connectivity index (χ4n) is 0.472. The first-order valence-electron chi connectivity index (χ1n) is 2.56. The van der Waals surface area contributed by atoms with Crippen molar-refractivity contribution < 1.29 is 9.90 Å². The highest BCUT2D eigenvalue weighted by Gasteiger charge is 1.96. The maximum atomic E-state index is 9.71. The van der Waals surface area contributed by atoms with Crippen LogP contribution in [-0.2, 0) is 4.79 Å². The number of aromatic hydroxyl groups is 1. The Bertz CT molecular complexity index is 223. The Hall–Kier alpha value is -1.10. The molecule has 0 aromatic carbocycles. The lowest BCUT2D eigenvalue weighted by Crippen LogP contribution is -2.01. The fourth-order valence-corrected chi connectivity index (χ4v) is 0.976. The van der Waals surface area contributed by atoms with E-state index in [-0.39, 0.29) is 11.7 Å². The van der Waals surface area contributed by atoms with E-state index in [4.69, 9.17) is 5.11 Å². The molecule has 0 fully saturated rings. The molecule has 0 bridgehead atoms. The number of carbonyl (C=O) groups excluding carboxylic acids is 1. The summed E-state index contributed by atoms with van der Waals surface area (Å²) < 4.78 is 0. The molecule has 1 aromatic heterocycles. The lowest BCUT2D eigenvalue weighted by molar-refractivity contribution is 0.471. The third-order valence-corrected chi connectivity index (χ3v) is 1.48. The van der Waals surface area contributed by atoms with Crippen molar-refractivity contribution in [3.05, 3.63) is 5.38 Å². The number of hydrogen-bond acceptors (Lipinski definition) is 5. The van der Waals surface area contributed by atoms with Crippen molar-refractivity contribution in [2.75, 3.05) is 11.9 Å². The van der Waals surface area contributed by atoms with Crippen LogP contribution in [0.1, 0.15) is 0 Å². The average Bonchev–Trinajstić information content (AvgIpc) is 2.31. The first kappa shape index (κ1) is 7.01. The number of rotatable bonds is 3. The van der Waals surface area contributed by atoms with Crippen molar-refractivity contribution in [1.82, 2.24) is 4.98 Å². The molecule has 0 spiro atoms. The first-order valence-corrected chi connectivity index (χ1v) is 3.44. The normalized spacial score (nSPS) is 9.20. The Labute approximate surface area is 61.5 Å². The van der Waals surface area contributed by atoms with Crippen molar-refractivity contribution >= 4 is 23.4 Å². The second-order valence-corrected chi connectivity index (χ2v) is 2.35. The van der Waals surface area contributed by atoms with Crippen LogP contribution in [0.3, 0.4) is 0 Å². The van der Waals surface area contributed by atoms with Gasteiger partial charge in [0.1, 0.15) is 5.82 Å². The quantitative estimate of drug-likeness (QED) is 0.665. The van der Waals surface area contributed by atoms with Crippen LogP contribution in [0.25, 0.3) is 0 Å². The van der Waals surface area contributed by atoms with Gasteiger partial charge in [-0.2, -0.15) is 4.98 Å². The van der Waals surface area contributed by atoms with E-state index in [0.717, 1.165) is 11.3 Å². The topological polar surface area (TPSA) is 62.2 Å². The SMILES string of the molecule is O=[C]CNc1csc(O)n1. The van der Waals surface area contributed by atoms with Gasteiger partial charge in [-0.15, -0.1) is 0 Å². The smallest absolute Gasteiger partial charge is 0.272 e. The number of nitrogens with one attached hydrogen (secondary N) is 1. The summed E-state index contributed by atoms with van der Waals surface area (Å²) in [6.45, 7) is 0.100. The van der Waals surface area contributed by atoms with E-state index in [9.17, 15) is 4.79 Å². The second kappa shape index (κ2) is 3.17. The van der Waals surface area contributed by atoms with Crippen LogP contribution in [-0.4, -0.2) is 22.9 Å². The van der Waals surface area contributed by atoms with E-state index in [0.29, 0.717) is 5.82 Å². The van der Waals surface area contributed by atoms with Crippen LogP contribution in [0.2, 0.25) is 0 Å². The highest BCUT2D eigenvalue weighted by molar-refractivity contribution is 7.11. The Kier molecular flexibility index (Phi) is 2.22. The lowest BCUT2D eigenvalue weighted by Gasteiger charge is -1.91. The number of nitrogens with zero attached hydrogens (tertiary/aromatic N) is 1. The van der Waals surface area contributed by atoms with Crippen molar-refractivity contribution in [2.24, 2.45) is 0 Å². The molecular formula is C5H5N2O2S. The number of hydrogen-bond donors (Lipinski definition) is 2. The van der Waals surface area contributed by atoms with E-state index in [1.807, 2.05) is 0 Å². The molecule has 10 heavy (non-hydrogen) atoms. The zero-order valence-electron chi connectivity index (χ0n) is 5.00.